The molecule has 0 aliphatic carbocycles. The zero-order valence-electron chi connectivity index (χ0n) is 18.4. The lowest BCUT2D eigenvalue weighted by atomic mass is 9.93. The molecule has 0 aliphatic rings. The van der Waals surface area contributed by atoms with Crippen molar-refractivity contribution in [1.82, 2.24) is 5.32 Å². The number of carbonyl (C=O) groups excluding carboxylic acids is 2. The van der Waals surface area contributed by atoms with Crippen molar-refractivity contribution in [3.05, 3.63) is 0 Å². The van der Waals surface area contributed by atoms with Gasteiger partial charge in [0.15, 0.2) is 0 Å². The van der Waals surface area contributed by atoms with Gasteiger partial charge in [-0.1, -0.05) is 0 Å². The summed E-state index contributed by atoms with van der Waals surface area (Å²) in [5, 5.41) is 12.8. The summed E-state index contributed by atoms with van der Waals surface area (Å²) >= 11 is 0.128. The standard InChI is InChI=1S/C17H21F13N2O3S/c1-32(2,8-11(34)35)6-3-5-31-10(33)9-36-7-4-12(18,19)13(20,21)14(22,23)15(24,25)16(26,27)17(28,29)30/h3-9H2,1-2H3,(H-,31,33,34,35). The van der Waals surface area contributed by atoms with Crippen molar-refractivity contribution in [2.75, 3.05) is 45.2 Å². The zero-order valence-corrected chi connectivity index (χ0v) is 19.3. The number of quaternary nitrogens is 1. The molecule has 0 bridgehead atoms. The highest BCUT2D eigenvalue weighted by molar-refractivity contribution is 7.99. The smallest absolute Gasteiger partial charge is 0.460 e. The van der Waals surface area contributed by atoms with Gasteiger partial charge in [-0.3, -0.25) is 4.79 Å². The van der Waals surface area contributed by atoms with Gasteiger partial charge >= 0.3 is 35.8 Å². The summed E-state index contributed by atoms with van der Waals surface area (Å²) in [5.74, 6) is -41.2. The maximum absolute atomic E-state index is 13.6. The lowest BCUT2D eigenvalue weighted by Crippen LogP contribution is -2.70. The van der Waals surface area contributed by atoms with E-state index in [1.807, 2.05) is 0 Å². The van der Waals surface area contributed by atoms with E-state index < -0.39 is 65.6 Å². The monoisotopic (exact) mass is 580 g/mol. The van der Waals surface area contributed by atoms with Gasteiger partial charge in [0.1, 0.15) is 6.54 Å². The Balaban J connectivity index is 4.96. The van der Waals surface area contributed by atoms with Crippen molar-refractivity contribution in [3.63, 3.8) is 0 Å². The fourth-order valence-electron chi connectivity index (χ4n) is 2.54. The molecule has 19 heteroatoms. The van der Waals surface area contributed by atoms with Crippen molar-refractivity contribution in [3.8, 4) is 0 Å². The van der Waals surface area contributed by atoms with Gasteiger partial charge in [0.25, 0.3) is 0 Å². The number of thioether (sulfide) groups is 1. The number of nitrogens with one attached hydrogen (secondary N) is 1. The molecular formula is C17H21F13N2O3S. The lowest BCUT2D eigenvalue weighted by molar-refractivity contribution is -0.884. The van der Waals surface area contributed by atoms with E-state index in [4.69, 9.17) is 0 Å². The molecular weight excluding hydrogens is 559 g/mol. The summed E-state index contributed by atoms with van der Waals surface area (Å²) in [5.41, 5.74) is 0. The number of aliphatic carboxylic acids is 1. The van der Waals surface area contributed by atoms with Gasteiger partial charge in [-0.15, -0.1) is 0 Å². The van der Waals surface area contributed by atoms with Gasteiger partial charge < -0.3 is 19.7 Å². The van der Waals surface area contributed by atoms with Crippen LogP contribution < -0.4 is 10.4 Å². The molecule has 0 aliphatic heterocycles. The van der Waals surface area contributed by atoms with Crippen LogP contribution in [0.4, 0.5) is 57.1 Å². The van der Waals surface area contributed by atoms with Crippen LogP contribution in [0, 0.1) is 0 Å². The molecule has 0 heterocycles. The SMILES string of the molecule is C[N+](C)(CCCNC(=O)CSCCC(F)(F)C(F)(F)C(F)(F)C(F)(F)C(F)(F)C(F)(F)F)CC(=O)[O-]. The first kappa shape index (κ1) is 34.3. The van der Waals surface area contributed by atoms with Gasteiger partial charge in [-0.05, 0) is 5.75 Å². The summed E-state index contributed by atoms with van der Waals surface area (Å²) in [6, 6.07) is 0. The van der Waals surface area contributed by atoms with E-state index in [9.17, 15) is 71.8 Å². The molecule has 1 amide bonds. The van der Waals surface area contributed by atoms with Crippen LogP contribution in [-0.2, 0) is 9.59 Å². The topological polar surface area (TPSA) is 69.2 Å². The van der Waals surface area contributed by atoms with Crippen LogP contribution in [0.15, 0.2) is 0 Å². The molecule has 36 heavy (non-hydrogen) atoms. The molecule has 0 spiro atoms. The molecule has 1 N–H and O–H groups in total. The predicted molar refractivity (Wildman–Crippen MR) is 97.2 cm³/mol. The molecule has 5 nitrogen and oxygen atoms in total. The van der Waals surface area contributed by atoms with Crippen LogP contribution in [0.5, 0.6) is 0 Å². The average Bonchev–Trinajstić information content (AvgIpc) is 2.66. The number of rotatable bonds is 15. The third-order valence-electron chi connectivity index (χ3n) is 4.61. The Morgan fingerprint density at radius 3 is 1.72 bits per heavy atom. The second-order valence-electron chi connectivity index (χ2n) is 8.20. The molecule has 0 rings (SSSR count). The van der Waals surface area contributed by atoms with Crippen molar-refractivity contribution < 1.29 is 76.3 Å². The maximum atomic E-state index is 13.6. The average molecular weight is 580 g/mol. The summed E-state index contributed by atoms with van der Waals surface area (Å²) in [4.78, 5) is 22.1. The van der Waals surface area contributed by atoms with Gasteiger partial charge in [-0.25, -0.2) is 0 Å². The third-order valence-corrected chi connectivity index (χ3v) is 5.57. The number of nitrogens with zero attached hydrogens (tertiary/aromatic N) is 1. The largest absolute Gasteiger partial charge is 0.544 e. The summed E-state index contributed by atoms with van der Waals surface area (Å²) in [7, 11) is 3.07. The minimum absolute atomic E-state index is 0.0190. The van der Waals surface area contributed by atoms with Crippen LogP contribution >= 0.6 is 11.8 Å². The highest BCUT2D eigenvalue weighted by Gasteiger charge is 2.90. The Morgan fingerprint density at radius 1 is 0.806 bits per heavy atom. The number of halogens is 13. The Labute approximate surface area is 199 Å². The van der Waals surface area contributed by atoms with Gasteiger partial charge in [0, 0.05) is 19.4 Å². The van der Waals surface area contributed by atoms with Crippen LogP contribution in [0.2, 0.25) is 0 Å². The summed E-state index contributed by atoms with van der Waals surface area (Å²) < 4.78 is 169. The molecule has 0 atom stereocenters. The fraction of sp³-hybridized carbons (Fsp3) is 0.882. The number of amides is 1. The molecule has 0 aromatic rings. The Kier molecular flexibility index (Phi) is 10.9. The first-order valence-electron chi connectivity index (χ1n) is 9.59. The van der Waals surface area contributed by atoms with E-state index in [1.54, 1.807) is 0 Å². The summed E-state index contributed by atoms with van der Waals surface area (Å²) in [6.45, 7) is -0.145. The zero-order chi connectivity index (χ0) is 29.0. The van der Waals surface area contributed by atoms with Gasteiger partial charge in [0.05, 0.1) is 32.4 Å². The normalized spacial score (nSPS) is 14.6. The number of carboxylic acids is 1. The van der Waals surface area contributed by atoms with Crippen molar-refractivity contribution in [1.29, 1.82) is 0 Å². The minimum atomic E-state index is -7.94. The fourth-order valence-corrected chi connectivity index (χ4v) is 3.37. The third kappa shape index (κ3) is 7.67. The molecule has 0 fully saturated rings. The molecule has 0 saturated heterocycles. The maximum Gasteiger partial charge on any atom is 0.460 e. The second kappa shape index (κ2) is 11.4. The first-order valence-corrected chi connectivity index (χ1v) is 10.7. The van der Waals surface area contributed by atoms with Gasteiger partial charge in [-0.2, -0.15) is 68.8 Å². The van der Waals surface area contributed by atoms with Crippen molar-refractivity contribution in [2.45, 2.75) is 48.6 Å². The Bertz CT molecular complexity index is 773. The Hall–Kier alpha value is -1.66. The molecule has 0 unspecified atom stereocenters. The highest BCUT2D eigenvalue weighted by Crippen LogP contribution is 2.60. The molecule has 0 aromatic heterocycles. The molecule has 214 valence electrons. The second-order valence-corrected chi connectivity index (χ2v) is 9.30. The quantitative estimate of drug-likeness (QED) is 0.184. The van der Waals surface area contributed by atoms with Crippen LogP contribution in [0.1, 0.15) is 12.8 Å². The molecule has 0 aromatic carbocycles. The molecule has 0 saturated carbocycles. The lowest BCUT2D eigenvalue weighted by Gasteiger charge is -2.39. The number of hydrogen-bond donors (Lipinski definition) is 1. The van der Waals surface area contributed by atoms with E-state index in [1.165, 1.54) is 14.1 Å². The van der Waals surface area contributed by atoms with E-state index in [2.05, 4.69) is 5.32 Å². The van der Waals surface area contributed by atoms with E-state index in [-0.39, 0.29) is 42.3 Å². The number of likely N-dealkylation sites (N-methyl/N-ethyl adjacent to an activating group) is 1. The summed E-state index contributed by atoms with van der Waals surface area (Å²) in [6.07, 6.45) is -9.61. The van der Waals surface area contributed by atoms with Crippen LogP contribution in [0.25, 0.3) is 0 Å². The van der Waals surface area contributed by atoms with E-state index >= 15 is 0 Å². The van der Waals surface area contributed by atoms with Crippen LogP contribution in [-0.4, -0.2) is 97.4 Å². The number of carboxylic acid groups (broad SMARTS) is 1. The first-order chi connectivity index (χ1) is 15.8. The van der Waals surface area contributed by atoms with E-state index in [0.29, 0.717) is 0 Å². The Morgan fingerprint density at radius 2 is 1.28 bits per heavy atom. The van der Waals surface area contributed by atoms with Crippen molar-refractivity contribution in [2.24, 2.45) is 0 Å². The number of hydrogen-bond acceptors (Lipinski definition) is 4. The van der Waals surface area contributed by atoms with E-state index in [0.717, 1.165) is 0 Å². The van der Waals surface area contributed by atoms with Gasteiger partial charge in [0.2, 0.25) is 5.91 Å². The molecule has 0 radical (unpaired) electrons. The van der Waals surface area contributed by atoms with Crippen LogP contribution in [0.3, 0.4) is 0 Å². The highest BCUT2D eigenvalue weighted by atomic mass is 32.2. The van der Waals surface area contributed by atoms with Crippen molar-refractivity contribution >= 4 is 23.6 Å². The number of carbonyl (C=O) groups is 2. The minimum Gasteiger partial charge on any atom is -0.544 e. The predicted octanol–water partition coefficient (Wildman–Crippen LogP) is 3.18. The number of alkyl halides is 13.